The number of hydrogen-bond acceptors (Lipinski definition) is 3. The van der Waals surface area contributed by atoms with E-state index in [1.54, 1.807) is 0 Å². The number of aromatic nitrogens is 1. The van der Waals surface area contributed by atoms with E-state index < -0.39 is 0 Å². The SMILES string of the molecule is Cc1cc(C)c2oc(C3CCC4CCCCC4N3)nc2c1. The second kappa shape index (κ2) is 5.13. The first-order chi connectivity index (χ1) is 10.2. The molecule has 3 atom stereocenters. The fraction of sp³-hybridized carbons (Fsp3) is 0.611. The van der Waals surface area contributed by atoms with E-state index in [1.807, 2.05) is 0 Å². The lowest BCUT2D eigenvalue weighted by Gasteiger charge is -2.39. The number of oxazole rings is 1. The van der Waals surface area contributed by atoms with Gasteiger partial charge in [-0.05, 0) is 62.6 Å². The topological polar surface area (TPSA) is 38.1 Å². The predicted molar refractivity (Wildman–Crippen MR) is 84.3 cm³/mol. The fourth-order valence-corrected chi connectivity index (χ4v) is 4.23. The lowest BCUT2D eigenvalue weighted by Crippen LogP contribution is -2.44. The van der Waals surface area contributed by atoms with Crippen molar-refractivity contribution in [3.05, 3.63) is 29.2 Å². The normalized spacial score (nSPS) is 29.5. The Balaban J connectivity index is 1.63. The number of nitrogens with zero attached hydrogens (tertiary/aromatic N) is 1. The summed E-state index contributed by atoms with van der Waals surface area (Å²) in [6.45, 7) is 4.22. The van der Waals surface area contributed by atoms with Crippen molar-refractivity contribution >= 4 is 11.1 Å². The third-order valence-electron chi connectivity index (χ3n) is 5.29. The molecular weight excluding hydrogens is 260 g/mol. The van der Waals surface area contributed by atoms with E-state index in [9.17, 15) is 0 Å². The number of benzene rings is 1. The minimum atomic E-state index is 0.302. The highest BCUT2D eigenvalue weighted by atomic mass is 16.3. The molecule has 4 rings (SSSR count). The van der Waals surface area contributed by atoms with Crippen LogP contribution >= 0.6 is 0 Å². The van der Waals surface area contributed by atoms with Crippen LogP contribution in [0.15, 0.2) is 16.5 Å². The van der Waals surface area contributed by atoms with Crippen molar-refractivity contribution in [2.75, 3.05) is 0 Å². The van der Waals surface area contributed by atoms with Gasteiger partial charge >= 0.3 is 0 Å². The zero-order chi connectivity index (χ0) is 14.4. The van der Waals surface area contributed by atoms with Crippen molar-refractivity contribution < 1.29 is 4.42 Å². The van der Waals surface area contributed by atoms with Gasteiger partial charge in [0.1, 0.15) is 5.52 Å². The van der Waals surface area contributed by atoms with Gasteiger partial charge in [0.15, 0.2) is 5.58 Å². The summed E-state index contributed by atoms with van der Waals surface area (Å²) >= 11 is 0. The molecule has 1 aromatic heterocycles. The third kappa shape index (κ3) is 2.38. The molecule has 2 aliphatic rings. The maximum Gasteiger partial charge on any atom is 0.212 e. The van der Waals surface area contributed by atoms with Crippen molar-refractivity contribution in [3.63, 3.8) is 0 Å². The highest BCUT2D eigenvalue weighted by Gasteiger charge is 2.34. The lowest BCUT2D eigenvalue weighted by molar-refractivity contribution is 0.164. The molecule has 0 radical (unpaired) electrons. The number of aryl methyl sites for hydroxylation is 2. The van der Waals surface area contributed by atoms with E-state index in [2.05, 4.69) is 31.3 Å². The number of hydrogen-bond donors (Lipinski definition) is 1. The number of rotatable bonds is 1. The van der Waals surface area contributed by atoms with Gasteiger partial charge in [-0.2, -0.15) is 0 Å². The number of fused-ring (bicyclic) bond motifs is 2. The highest BCUT2D eigenvalue weighted by Crippen LogP contribution is 2.37. The third-order valence-corrected chi connectivity index (χ3v) is 5.29. The molecule has 1 aliphatic carbocycles. The van der Waals surface area contributed by atoms with Crippen molar-refractivity contribution in [1.29, 1.82) is 0 Å². The predicted octanol–water partition coefficient (Wildman–Crippen LogP) is 4.43. The molecule has 3 heteroatoms. The molecule has 1 aliphatic heterocycles. The number of piperidine rings is 1. The minimum Gasteiger partial charge on any atom is -0.439 e. The summed E-state index contributed by atoms with van der Waals surface area (Å²) in [5.41, 5.74) is 4.41. The summed E-state index contributed by atoms with van der Waals surface area (Å²) < 4.78 is 6.10. The number of nitrogens with one attached hydrogen (secondary N) is 1. The first kappa shape index (κ1) is 13.3. The molecule has 3 unspecified atom stereocenters. The maximum absolute atomic E-state index is 6.10. The van der Waals surface area contributed by atoms with Gasteiger partial charge in [-0.15, -0.1) is 0 Å². The van der Waals surface area contributed by atoms with Gasteiger partial charge in [-0.25, -0.2) is 4.98 Å². The van der Waals surface area contributed by atoms with Gasteiger partial charge in [0.25, 0.3) is 0 Å². The zero-order valence-corrected chi connectivity index (χ0v) is 13.0. The maximum atomic E-state index is 6.10. The van der Waals surface area contributed by atoms with Gasteiger partial charge in [0.05, 0.1) is 6.04 Å². The summed E-state index contributed by atoms with van der Waals surface area (Å²) in [6, 6.07) is 5.27. The Morgan fingerprint density at radius 1 is 1.10 bits per heavy atom. The Kier molecular flexibility index (Phi) is 3.26. The molecule has 2 fully saturated rings. The van der Waals surface area contributed by atoms with Crippen LogP contribution in [0.1, 0.15) is 61.6 Å². The molecule has 112 valence electrons. The second-order valence-electron chi connectivity index (χ2n) is 6.93. The van der Waals surface area contributed by atoms with Gasteiger partial charge < -0.3 is 9.73 Å². The second-order valence-corrected chi connectivity index (χ2v) is 6.93. The van der Waals surface area contributed by atoms with E-state index >= 15 is 0 Å². The van der Waals surface area contributed by atoms with Crippen LogP contribution in [0.5, 0.6) is 0 Å². The molecule has 2 aromatic rings. The van der Waals surface area contributed by atoms with Crippen LogP contribution in [0.3, 0.4) is 0 Å². The molecule has 1 saturated carbocycles. The molecule has 3 nitrogen and oxygen atoms in total. The smallest absolute Gasteiger partial charge is 0.212 e. The first-order valence-corrected chi connectivity index (χ1v) is 8.34. The summed E-state index contributed by atoms with van der Waals surface area (Å²) in [7, 11) is 0. The zero-order valence-electron chi connectivity index (χ0n) is 13.0. The van der Waals surface area contributed by atoms with Gasteiger partial charge in [0.2, 0.25) is 5.89 Å². The van der Waals surface area contributed by atoms with Gasteiger partial charge in [0, 0.05) is 6.04 Å². The molecule has 0 bridgehead atoms. The van der Waals surface area contributed by atoms with Gasteiger partial charge in [-0.3, -0.25) is 0 Å². The summed E-state index contributed by atoms with van der Waals surface area (Å²) in [5, 5.41) is 3.81. The highest BCUT2D eigenvalue weighted by molar-refractivity contribution is 5.77. The molecule has 1 aromatic carbocycles. The average molecular weight is 284 g/mol. The molecule has 21 heavy (non-hydrogen) atoms. The van der Waals surface area contributed by atoms with E-state index in [4.69, 9.17) is 9.40 Å². The van der Waals surface area contributed by atoms with E-state index in [0.717, 1.165) is 29.3 Å². The van der Waals surface area contributed by atoms with E-state index in [-0.39, 0.29) is 0 Å². The van der Waals surface area contributed by atoms with Crippen LogP contribution in [-0.2, 0) is 0 Å². The molecule has 1 saturated heterocycles. The standard InChI is InChI=1S/C18H24N2O/c1-11-9-12(2)17-16(10-11)20-18(21-17)15-8-7-13-5-3-4-6-14(13)19-15/h9-10,13-15,19H,3-8H2,1-2H3. The minimum absolute atomic E-state index is 0.302. The monoisotopic (exact) mass is 284 g/mol. The van der Waals surface area contributed by atoms with Crippen LogP contribution < -0.4 is 5.32 Å². The van der Waals surface area contributed by atoms with Crippen LogP contribution in [-0.4, -0.2) is 11.0 Å². The fourth-order valence-electron chi connectivity index (χ4n) is 4.23. The molecule has 2 heterocycles. The van der Waals surface area contributed by atoms with Crippen LogP contribution in [0.4, 0.5) is 0 Å². The van der Waals surface area contributed by atoms with Crippen LogP contribution in [0.2, 0.25) is 0 Å². The Labute approximate surface area is 126 Å². The van der Waals surface area contributed by atoms with Crippen molar-refractivity contribution in [3.8, 4) is 0 Å². The summed E-state index contributed by atoms with van der Waals surface area (Å²) in [4.78, 5) is 4.77. The molecular formula is C18H24N2O. The molecule has 0 amide bonds. The Hall–Kier alpha value is -1.35. The van der Waals surface area contributed by atoms with E-state index in [1.165, 1.54) is 43.2 Å². The Morgan fingerprint density at radius 3 is 2.86 bits per heavy atom. The van der Waals surface area contributed by atoms with Crippen molar-refractivity contribution in [2.45, 2.75) is 64.5 Å². The van der Waals surface area contributed by atoms with E-state index in [0.29, 0.717) is 12.1 Å². The molecule has 1 N–H and O–H groups in total. The van der Waals surface area contributed by atoms with Crippen molar-refractivity contribution in [2.24, 2.45) is 5.92 Å². The van der Waals surface area contributed by atoms with Crippen LogP contribution in [0.25, 0.3) is 11.1 Å². The van der Waals surface area contributed by atoms with Crippen molar-refractivity contribution in [1.82, 2.24) is 10.3 Å². The van der Waals surface area contributed by atoms with Crippen LogP contribution in [0, 0.1) is 19.8 Å². The Bertz CT molecular complexity index is 661. The largest absolute Gasteiger partial charge is 0.439 e. The van der Waals surface area contributed by atoms with Gasteiger partial charge in [-0.1, -0.05) is 18.9 Å². The lowest BCUT2D eigenvalue weighted by atomic mass is 9.78. The Morgan fingerprint density at radius 2 is 1.95 bits per heavy atom. The average Bonchev–Trinajstić information content (AvgIpc) is 2.91. The molecule has 0 spiro atoms. The summed E-state index contributed by atoms with van der Waals surface area (Å²) in [6.07, 6.45) is 7.97. The quantitative estimate of drug-likeness (QED) is 0.842. The first-order valence-electron chi connectivity index (χ1n) is 8.34. The summed E-state index contributed by atoms with van der Waals surface area (Å²) in [5.74, 6) is 1.77.